The molecule has 6 nitrogen and oxygen atoms in total. The van der Waals surface area contributed by atoms with E-state index < -0.39 is 5.97 Å². The first-order chi connectivity index (χ1) is 12.7. The second-order valence-corrected chi connectivity index (χ2v) is 6.15. The molecule has 7 heteroatoms. The lowest BCUT2D eigenvalue weighted by atomic mass is 10.1. The normalized spacial score (nSPS) is 14.8. The molecule has 2 aromatic rings. The summed E-state index contributed by atoms with van der Waals surface area (Å²) in [6.45, 7) is 0.856. The Balaban J connectivity index is 1.41. The van der Waals surface area contributed by atoms with Gasteiger partial charge in [-0.05, 0) is 35.9 Å². The van der Waals surface area contributed by atoms with Crippen molar-refractivity contribution >= 4 is 23.6 Å². The van der Waals surface area contributed by atoms with Gasteiger partial charge < -0.3 is 23.7 Å². The highest BCUT2D eigenvalue weighted by molar-refractivity contribution is 6.30. The van der Waals surface area contributed by atoms with E-state index in [2.05, 4.69) is 0 Å². The summed E-state index contributed by atoms with van der Waals surface area (Å²) in [5.41, 5.74) is 2.36. The summed E-state index contributed by atoms with van der Waals surface area (Å²) >= 11 is 6.10. The molecule has 0 atom stereocenters. The Morgan fingerprint density at radius 2 is 2.00 bits per heavy atom. The van der Waals surface area contributed by atoms with Gasteiger partial charge in [0.15, 0.2) is 18.3 Å². The third-order valence-corrected chi connectivity index (χ3v) is 4.15. The predicted octanol–water partition coefficient (Wildman–Crippen LogP) is 3.69. The number of hydrogen-bond acceptors (Lipinski definition) is 6. The van der Waals surface area contributed by atoms with Gasteiger partial charge in [-0.2, -0.15) is 0 Å². The lowest BCUT2D eigenvalue weighted by molar-refractivity contribution is -0.139. The molecule has 2 aliphatic heterocycles. The maximum Gasteiger partial charge on any atom is 0.331 e. The number of hydrogen-bond donors (Lipinski definition) is 0. The van der Waals surface area contributed by atoms with Gasteiger partial charge in [0.25, 0.3) is 0 Å². The number of rotatable bonds is 4. The summed E-state index contributed by atoms with van der Waals surface area (Å²) in [5, 5.41) is 0.541. The molecule has 2 heterocycles. The van der Waals surface area contributed by atoms with Crippen LogP contribution in [0, 0.1) is 0 Å². The van der Waals surface area contributed by atoms with Crippen molar-refractivity contribution in [3.05, 3.63) is 58.1 Å². The maximum absolute atomic E-state index is 12.0. The number of benzene rings is 2. The van der Waals surface area contributed by atoms with E-state index in [1.807, 2.05) is 6.07 Å². The molecule has 2 aliphatic rings. The van der Waals surface area contributed by atoms with Crippen molar-refractivity contribution in [3.63, 3.8) is 0 Å². The molecule has 2 aromatic carbocycles. The third-order valence-electron chi connectivity index (χ3n) is 3.93. The van der Waals surface area contributed by atoms with Gasteiger partial charge in [-0.15, -0.1) is 0 Å². The molecule has 0 bridgehead atoms. The van der Waals surface area contributed by atoms with Crippen molar-refractivity contribution in [2.45, 2.75) is 13.2 Å². The Morgan fingerprint density at radius 3 is 2.92 bits per heavy atom. The molecule has 0 fully saturated rings. The molecule has 0 saturated heterocycles. The summed E-state index contributed by atoms with van der Waals surface area (Å²) < 4.78 is 26.6. The average Bonchev–Trinajstić information content (AvgIpc) is 3.12. The lowest BCUT2D eigenvalue weighted by Crippen LogP contribution is -2.14. The Morgan fingerprint density at radius 1 is 1.12 bits per heavy atom. The molecule has 0 N–H and O–H groups in total. The van der Waals surface area contributed by atoms with E-state index in [-0.39, 0.29) is 20.2 Å². The number of fused-ring (bicyclic) bond motifs is 2. The van der Waals surface area contributed by atoms with Gasteiger partial charge >= 0.3 is 5.97 Å². The highest BCUT2D eigenvalue weighted by Crippen LogP contribution is 2.33. The Labute approximate surface area is 154 Å². The molecular weight excluding hydrogens is 360 g/mol. The molecule has 0 aliphatic carbocycles. The Bertz CT molecular complexity index is 877. The fraction of sp³-hybridized carbons (Fsp3) is 0.211. The van der Waals surface area contributed by atoms with Crippen molar-refractivity contribution in [2.75, 3.05) is 13.6 Å². The molecule has 0 aromatic heterocycles. The van der Waals surface area contributed by atoms with E-state index >= 15 is 0 Å². The van der Waals surface area contributed by atoms with Crippen LogP contribution in [0.3, 0.4) is 0 Å². The molecule has 0 unspecified atom stereocenters. The van der Waals surface area contributed by atoms with E-state index in [0.717, 1.165) is 11.1 Å². The van der Waals surface area contributed by atoms with Crippen molar-refractivity contribution in [2.24, 2.45) is 0 Å². The van der Waals surface area contributed by atoms with Crippen molar-refractivity contribution < 1.29 is 28.5 Å². The quantitative estimate of drug-likeness (QED) is 0.600. The fourth-order valence-corrected chi connectivity index (χ4v) is 3.01. The van der Waals surface area contributed by atoms with E-state index in [9.17, 15) is 4.79 Å². The number of halogens is 1. The van der Waals surface area contributed by atoms with Crippen molar-refractivity contribution in [1.29, 1.82) is 0 Å². The minimum atomic E-state index is -0.469. The molecule has 0 amide bonds. The minimum Gasteiger partial charge on any atom is -0.467 e. The van der Waals surface area contributed by atoms with Crippen LogP contribution in [0.4, 0.5) is 0 Å². The summed E-state index contributed by atoms with van der Waals surface area (Å²) in [6.07, 6.45) is 3.01. The van der Waals surface area contributed by atoms with Gasteiger partial charge in [0.05, 0.1) is 6.61 Å². The third kappa shape index (κ3) is 3.61. The van der Waals surface area contributed by atoms with Gasteiger partial charge in [-0.3, -0.25) is 0 Å². The zero-order valence-electron chi connectivity index (χ0n) is 13.7. The van der Waals surface area contributed by atoms with Crippen LogP contribution >= 0.6 is 11.6 Å². The first-order valence-electron chi connectivity index (χ1n) is 7.95. The summed E-state index contributed by atoms with van der Waals surface area (Å²) in [7, 11) is 0. The molecule has 26 heavy (non-hydrogen) atoms. The van der Waals surface area contributed by atoms with E-state index in [0.29, 0.717) is 34.4 Å². The maximum atomic E-state index is 12.0. The predicted molar refractivity (Wildman–Crippen MR) is 93.1 cm³/mol. The topological polar surface area (TPSA) is 63.2 Å². The fourth-order valence-electron chi connectivity index (χ4n) is 2.74. The van der Waals surface area contributed by atoms with E-state index in [1.165, 1.54) is 6.08 Å². The van der Waals surface area contributed by atoms with Crippen molar-refractivity contribution in [3.8, 4) is 17.2 Å². The number of carbonyl (C=O) groups excluding carboxylic acids is 1. The van der Waals surface area contributed by atoms with Gasteiger partial charge in [0, 0.05) is 22.2 Å². The first-order valence-corrected chi connectivity index (χ1v) is 8.33. The SMILES string of the molecule is O=C(/C=C/c1ccc2c(c1)OCO2)OCc1cc(Cl)cc2c1OCOC2. The summed E-state index contributed by atoms with van der Waals surface area (Å²) in [6, 6.07) is 8.93. The van der Waals surface area contributed by atoms with Crippen LogP contribution in [-0.4, -0.2) is 19.6 Å². The molecule has 0 radical (unpaired) electrons. The molecular formula is C19H15ClO6. The van der Waals surface area contributed by atoms with Gasteiger partial charge in [0.1, 0.15) is 12.4 Å². The smallest absolute Gasteiger partial charge is 0.331 e. The van der Waals surface area contributed by atoms with Crippen LogP contribution in [0.2, 0.25) is 5.02 Å². The average molecular weight is 375 g/mol. The number of carbonyl (C=O) groups is 1. The molecule has 4 rings (SSSR count). The second-order valence-electron chi connectivity index (χ2n) is 5.72. The first kappa shape index (κ1) is 16.8. The second kappa shape index (κ2) is 7.27. The van der Waals surface area contributed by atoms with Crippen LogP contribution in [0.25, 0.3) is 6.08 Å². The van der Waals surface area contributed by atoms with E-state index in [1.54, 1.807) is 30.3 Å². The zero-order valence-corrected chi connectivity index (χ0v) is 14.5. The van der Waals surface area contributed by atoms with Gasteiger partial charge in [-0.1, -0.05) is 17.7 Å². The van der Waals surface area contributed by atoms with Gasteiger partial charge in [-0.25, -0.2) is 4.79 Å². The lowest BCUT2D eigenvalue weighted by Gasteiger charge is -2.20. The van der Waals surface area contributed by atoms with Crippen LogP contribution in [-0.2, 0) is 27.5 Å². The van der Waals surface area contributed by atoms with Crippen LogP contribution in [0.1, 0.15) is 16.7 Å². The summed E-state index contributed by atoms with van der Waals surface area (Å²) in [4.78, 5) is 12.0. The standard InChI is InChI=1S/C19H15ClO6/c20-15-6-13-8-22-10-26-19(13)14(7-15)9-23-18(21)4-2-12-1-3-16-17(5-12)25-11-24-16/h1-7H,8-11H2/b4-2+. The molecule has 134 valence electrons. The highest BCUT2D eigenvalue weighted by atomic mass is 35.5. The highest BCUT2D eigenvalue weighted by Gasteiger charge is 2.17. The number of ether oxygens (including phenoxy) is 5. The van der Waals surface area contributed by atoms with Gasteiger partial charge in [0.2, 0.25) is 6.79 Å². The minimum absolute atomic E-state index is 0.0627. The number of esters is 1. The monoisotopic (exact) mass is 374 g/mol. The van der Waals surface area contributed by atoms with Crippen LogP contribution in [0.15, 0.2) is 36.4 Å². The van der Waals surface area contributed by atoms with Crippen molar-refractivity contribution in [1.82, 2.24) is 0 Å². The molecule has 0 spiro atoms. The van der Waals surface area contributed by atoms with Crippen LogP contribution in [0.5, 0.6) is 17.2 Å². The Kier molecular flexibility index (Phi) is 4.69. The summed E-state index contributed by atoms with van der Waals surface area (Å²) in [5.74, 6) is 1.54. The largest absolute Gasteiger partial charge is 0.467 e. The molecule has 0 saturated carbocycles. The van der Waals surface area contributed by atoms with E-state index in [4.69, 9.17) is 35.3 Å². The zero-order chi connectivity index (χ0) is 17.9. The van der Waals surface area contributed by atoms with Crippen LogP contribution < -0.4 is 14.2 Å². The Hall–Kier alpha value is -2.70.